The van der Waals surface area contributed by atoms with Crippen LogP contribution < -0.4 is 10.9 Å². The minimum atomic E-state index is -4.53. The van der Waals surface area contributed by atoms with E-state index in [0.29, 0.717) is 5.69 Å². The van der Waals surface area contributed by atoms with Crippen molar-refractivity contribution < 1.29 is 18.0 Å². The molecule has 0 aliphatic carbocycles. The number of nitrogens with one attached hydrogen (secondary N) is 1. The van der Waals surface area contributed by atoms with Crippen LogP contribution in [0.5, 0.6) is 0 Å². The van der Waals surface area contributed by atoms with Crippen LogP contribution in [-0.4, -0.2) is 10.5 Å². The number of amides is 1. The van der Waals surface area contributed by atoms with Crippen LogP contribution in [0.3, 0.4) is 0 Å². The van der Waals surface area contributed by atoms with Crippen LogP contribution >= 0.6 is 0 Å². The van der Waals surface area contributed by atoms with E-state index in [9.17, 15) is 22.8 Å². The van der Waals surface area contributed by atoms with Crippen molar-refractivity contribution in [2.75, 3.05) is 0 Å². The molecule has 150 valence electrons. The molecule has 0 aliphatic rings. The molecule has 0 saturated carbocycles. The summed E-state index contributed by atoms with van der Waals surface area (Å²) in [6.45, 7) is 3.38. The number of aryl methyl sites for hydroxylation is 1. The number of carbonyl (C=O) groups excluding carboxylic acids is 1. The Morgan fingerprint density at radius 3 is 2.34 bits per heavy atom. The van der Waals surface area contributed by atoms with Gasteiger partial charge in [-0.2, -0.15) is 13.2 Å². The molecule has 3 aromatic rings. The van der Waals surface area contributed by atoms with E-state index in [0.717, 1.165) is 22.3 Å². The highest BCUT2D eigenvalue weighted by Crippen LogP contribution is 2.30. The number of benzene rings is 2. The SMILES string of the molecule is Cc1ccc(C(=O)N[C@@H](C)c2ccccc2)c(=O)n1-c1cccc(C(F)(F)F)c1. The van der Waals surface area contributed by atoms with Gasteiger partial charge in [0.25, 0.3) is 11.5 Å². The fourth-order valence-corrected chi connectivity index (χ4v) is 3.04. The molecule has 1 aromatic heterocycles. The first-order chi connectivity index (χ1) is 13.7. The lowest BCUT2D eigenvalue weighted by Gasteiger charge is -2.16. The molecule has 0 fully saturated rings. The van der Waals surface area contributed by atoms with E-state index in [-0.39, 0.29) is 17.3 Å². The topological polar surface area (TPSA) is 51.1 Å². The Balaban J connectivity index is 1.98. The van der Waals surface area contributed by atoms with E-state index in [1.165, 1.54) is 24.3 Å². The molecule has 2 aromatic carbocycles. The van der Waals surface area contributed by atoms with Crippen LogP contribution in [-0.2, 0) is 6.18 Å². The van der Waals surface area contributed by atoms with Crippen molar-refractivity contribution in [1.29, 1.82) is 0 Å². The van der Waals surface area contributed by atoms with Gasteiger partial charge in [-0.25, -0.2) is 0 Å². The summed E-state index contributed by atoms with van der Waals surface area (Å²) in [6.07, 6.45) is -4.53. The minimum Gasteiger partial charge on any atom is -0.345 e. The lowest BCUT2D eigenvalue weighted by atomic mass is 10.1. The summed E-state index contributed by atoms with van der Waals surface area (Å²) in [5.41, 5.74) is -0.354. The minimum absolute atomic E-state index is 0.0492. The van der Waals surface area contributed by atoms with E-state index >= 15 is 0 Å². The van der Waals surface area contributed by atoms with Crippen LogP contribution in [0.4, 0.5) is 13.2 Å². The van der Waals surface area contributed by atoms with E-state index in [2.05, 4.69) is 5.32 Å². The van der Waals surface area contributed by atoms with E-state index in [4.69, 9.17) is 0 Å². The number of pyridine rings is 1. The number of rotatable bonds is 4. The second kappa shape index (κ2) is 7.95. The van der Waals surface area contributed by atoms with Crippen molar-refractivity contribution in [3.05, 3.63) is 99.5 Å². The molecule has 0 unspecified atom stereocenters. The standard InChI is InChI=1S/C22H19F3N2O2/c1-14-11-12-19(20(28)26-15(2)16-7-4-3-5-8-16)21(29)27(14)18-10-6-9-17(13-18)22(23,24)25/h3-13,15H,1-2H3,(H,26,28)/t15-/m0/s1. The summed E-state index contributed by atoms with van der Waals surface area (Å²) >= 11 is 0. The van der Waals surface area contributed by atoms with Gasteiger partial charge in [-0.3, -0.25) is 14.2 Å². The quantitative estimate of drug-likeness (QED) is 0.693. The van der Waals surface area contributed by atoms with Crippen molar-refractivity contribution in [3.8, 4) is 5.69 Å². The smallest absolute Gasteiger partial charge is 0.345 e. The number of nitrogens with zero attached hydrogens (tertiary/aromatic N) is 1. The second-order valence-corrected chi connectivity index (χ2v) is 6.68. The Bertz CT molecular complexity index is 1090. The molecule has 0 saturated heterocycles. The van der Waals surface area contributed by atoms with Crippen molar-refractivity contribution in [2.45, 2.75) is 26.1 Å². The lowest BCUT2D eigenvalue weighted by molar-refractivity contribution is -0.137. The number of carbonyl (C=O) groups is 1. The molecule has 1 atom stereocenters. The van der Waals surface area contributed by atoms with Crippen LogP contribution in [0.1, 0.15) is 40.1 Å². The van der Waals surface area contributed by atoms with Gasteiger partial charge in [0.2, 0.25) is 0 Å². The zero-order valence-corrected chi connectivity index (χ0v) is 15.8. The van der Waals surface area contributed by atoms with Gasteiger partial charge in [0, 0.05) is 11.4 Å². The second-order valence-electron chi connectivity index (χ2n) is 6.68. The van der Waals surface area contributed by atoms with Gasteiger partial charge in [0.15, 0.2) is 0 Å². The third-order valence-electron chi connectivity index (χ3n) is 4.60. The zero-order valence-electron chi connectivity index (χ0n) is 15.8. The normalized spacial score (nSPS) is 12.4. The number of halogens is 3. The van der Waals surface area contributed by atoms with Crippen LogP contribution in [0.15, 0.2) is 71.5 Å². The van der Waals surface area contributed by atoms with Gasteiger partial charge in [-0.15, -0.1) is 0 Å². The fourth-order valence-electron chi connectivity index (χ4n) is 3.04. The Morgan fingerprint density at radius 1 is 1.00 bits per heavy atom. The molecule has 1 N–H and O–H groups in total. The van der Waals surface area contributed by atoms with Gasteiger partial charge in [-0.05, 0) is 49.7 Å². The van der Waals surface area contributed by atoms with Gasteiger partial charge >= 0.3 is 6.18 Å². The maximum Gasteiger partial charge on any atom is 0.416 e. The lowest BCUT2D eigenvalue weighted by Crippen LogP contribution is -2.34. The number of alkyl halides is 3. The molecule has 29 heavy (non-hydrogen) atoms. The maximum atomic E-state index is 13.0. The molecule has 0 aliphatic heterocycles. The molecule has 0 bridgehead atoms. The number of hydrogen-bond donors (Lipinski definition) is 1. The van der Waals surface area contributed by atoms with E-state index in [1.54, 1.807) is 13.8 Å². The molecule has 3 rings (SSSR count). The van der Waals surface area contributed by atoms with Gasteiger partial charge < -0.3 is 5.32 Å². The van der Waals surface area contributed by atoms with Crippen molar-refractivity contribution in [1.82, 2.24) is 9.88 Å². The summed E-state index contributed by atoms with van der Waals surface area (Å²) in [5, 5.41) is 2.75. The predicted octanol–water partition coefficient (Wildman–Crippen LogP) is 4.66. The summed E-state index contributed by atoms with van der Waals surface area (Å²) in [6, 6.07) is 16.3. The third kappa shape index (κ3) is 4.39. The van der Waals surface area contributed by atoms with E-state index < -0.39 is 23.2 Å². The number of hydrogen-bond acceptors (Lipinski definition) is 2. The van der Waals surface area contributed by atoms with Crippen LogP contribution in [0.25, 0.3) is 5.69 Å². The van der Waals surface area contributed by atoms with Gasteiger partial charge in [0.05, 0.1) is 11.6 Å². The Hall–Kier alpha value is -3.35. The predicted molar refractivity (Wildman–Crippen MR) is 104 cm³/mol. The van der Waals surface area contributed by atoms with Gasteiger partial charge in [0.1, 0.15) is 5.56 Å². The molecule has 0 spiro atoms. The monoisotopic (exact) mass is 400 g/mol. The molecular weight excluding hydrogens is 381 g/mol. The van der Waals surface area contributed by atoms with Crippen LogP contribution in [0, 0.1) is 6.92 Å². The van der Waals surface area contributed by atoms with Crippen LogP contribution in [0.2, 0.25) is 0 Å². The molecule has 1 amide bonds. The highest BCUT2D eigenvalue weighted by atomic mass is 19.4. The molecule has 0 radical (unpaired) electrons. The van der Waals surface area contributed by atoms with Gasteiger partial charge in [-0.1, -0.05) is 36.4 Å². The summed E-state index contributed by atoms with van der Waals surface area (Å²) in [5.74, 6) is -0.591. The molecule has 7 heteroatoms. The molecule has 4 nitrogen and oxygen atoms in total. The summed E-state index contributed by atoms with van der Waals surface area (Å²) < 4.78 is 40.2. The highest BCUT2D eigenvalue weighted by Gasteiger charge is 2.30. The summed E-state index contributed by atoms with van der Waals surface area (Å²) in [7, 11) is 0. The fraction of sp³-hybridized carbons (Fsp3) is 0.182. The first kappa shape index (κ1) is 20.4. The first-order valence-corrected chi connectivity index (χ1v) is 8.94. The number of aromatic nitrogens is 1. The maximum absolute atomic E-state index is 13.0. The highest BCUT2D eigenvalue weighted by molar-refractivity contribution is 5.94. The largest absolute Gasteiger partial charge is 0.416 e. The Kier molecular flexibility index (Phi) is 5.59. The molecular formula is C22H19F3N2O2. The van der Waals surface area contributed by atoms with Crippen molar-refractivity contribution >= 4 is 5.91 Å². The first-order valence-electron chi connectivity index (χ1n) is 8.94. The zero-order chi connectivity index (χ0) is 21.2. The van der Waals surface area contributed by atoms with Crippen molar-refractivity contribution in [2.24, 2.45) is 0 Å². The Morgan fingerprint density at radius 2 is 1.69 bits per heavy atom. The third-order valence-corrected chi connectivity index (χ3v) is 4.60. The average molecular weight is 400 g/mol. The van der Waals surface area contributed by atoms with E-state index in [1.807, 2.05) is 30.3 Å². The average Bonchev–Trinajstić information content (AvgIpc) is 2.68. The van der Waals surface area contributed by atoms with Crippen molar-refractivity contribution in [3.63, 3.8) is 0 Å². The Labute approximate surface area is 165 Å². The summed E-state index contributed by atoms with van der Waals surface area (Å²) in [4.78, 5) is 25.6. The molecule has 1 heterocycles.